The van der Waals surface area contributed by atoms with Gasteiger partial charge in [0.1, 0.15) is 0 Å². The van der Waals surface area contributed by atoms with E-state index in [-0.39, 0.29) is 5.91 Å². The van der Waals surface area contributed by atoms with E-state index in [1.807, 2.05) is 23.1 Å². The molecule has 3 nitrogen and oxygen atoms in total. The molecule has 0 bridgehead atoms. The van der Waals surface area contributed by atoms with Crippen molar-refractivity contribution in [2.24, 2.45) is 0 Å². The Morgan fingerprint density at radius 3 is 2.50 bits per heavy atom. The fourth-order valence-corrected chi connectivity index (χ4v) is 3.33. The quantitative estimate of drug-likeness (QED) is 0.780. The average Bonchev–Trinajstić information content (AvgIpc) is 2.52. The number of carbonyl (C=O) groups is 1. The smallest absolute Gasteiger partial charge is 0.255 e. The molecule has 110 valence electrons. The standard InChI is InChI=1S/C16H24N2OS/c1-3-13-20-15-8-6-5-7-14(15)16(19)18-11-9-17(4-2)10-12-18/h5-8H,3-4,9-13H2,1-2H3. The molecule has 2 rings (SSSR count). The zero-order chi connectivity index (χ0) is 14.4. The number of carbonyl (C=O) groups excluding carboxylic acids is 1. The van der Waals surface area contributed by atoms with Gasteiger partial charge in [-0.1, -0.05) is 26.0 Å². The molecule has 0 radical (unpaired) electrons. The van der Waals surface area contributed by atoms with Crippen molar-refractivity contribution in [1.82, 2.24) is 9.80 Å². The highest BCUT2D eigenvalue weighted by Gasteiger charge is 2.22. The zero-order valence-corrected chi connectivity index (χ0v) is 13.3. The molecule has 1 amide bonds. The average molecular weight is 292 g/mol. The monoisotopic (exact) mass is 292 g/mol. The van der Waals surface area contributed by atoms with E-state index in [0.29, 0.717) is 0 Å². The summed E-state index contributed by atoms with van der Waals surface area (Å²) in [5.74, 6) is 1.26. The van der Waals surface area contributed by atoms with Gasteiger partial charge in [0.2, 0.25) is 0 Å². The first-order valence-corrected chi connectivity index (χ1v) is 8.48. The molecule has 1 aromatic carbocycles. The van der Waals surface area contributed by atoms with Crippen molar-refractivity contribution < 1.29 is 4.79 Å². The lowest BCUT2D eigenvalue weighted by atomic mass is 10.2. The van der Waals surface area contributed by atoms with Gasteiger partial charge in [0.15, 0.2) is 0 Å². The van der Waals surface area contributed by atoms with Gasteiger partial charge in [0.25, 0.3) is 5.91 Å². The van der Waals surface area contributed by atoms with Gasteiger partial charge in [-0.05, 0) is 30.9 Å². The number of amides is 1. The molecule has 0 aromatic heterocycles. The molecule has 1 heterocycles. The van der Waals surface area contributed by atoms with Crippen LogP contribution in [-0.2, 0) is 0 Å². The fourth-order valence-electron chi connectivity index (χ4n) is 2.42. The largest absolute Gasteiger partial charge is 0.336 e. The summed E-state index contributed by atoms with van der Waals surface area (Å²) in [5.41, 5.74) is 0.871. The van der Waals surface area contributed by atoms with Gasteiger partial charge in [-0.15, -0.1) is 11.8 Å². The molecule has 1 aliphatic rings. The lowest BCUT2D eigenvalue weighted by Gasteiger charge is -2.34. The summed E-state index contributed by atoms with van der Waals surface area (Å²) in [6.07, 6.45) is 1.13. The first-order chi connectivity index (χ1) is 9.76. The number of nitrogens with zero attached hydrogens (tertiary/aromatic N) is 2. The molecular weight excluding hydrogens is 268 g/mol. The topological polar surface area (TPSA) is 23.6 Å². The minimum Gasteiger partial charge on any atom is -0.336 e. The number of thioether (sulfide) groups is 1. The lowest BCUT2D eigenvalue weighted by Crippen LogP contribution is -2.48. The highest BCUT2D eigenvalue weighted by molar-refractivity contribution is 7.99. The van der Waals surface area contributed by atoms with E-state index >= 15 is 0 Å². The summed E-state index contributed by atoms with van der Waals surface area (Å²) in [4.78, 5) is 18.2. The van der Waals surface area contributed by atoms with Gasteiger partial charge in [0, 0.05) is 31.1 Å². The van der Waals surface area contributed by atoms with Crippen molar-refractivity contribution >= 4 is 17.7 Å². The Hall–Kier alpha value is -1.00. The predicted octanol–water partition coefficient (Wildman–Crippen LogP) is 2.97. The minimum absolute atomic E-state index is 0.194. The maximum Gasteiger partial charge on any atom is 0.255 e. The second-order valence-electron chi connectivity index (χ2n) is 5.07. The number of likely N-dealkylation sites (N-methyl/N-ethyl adjacent to an activating group) is 1. The van der Waals surface area contributed by atoms with Crippen molar-refractivity contribution in [1.29, 1.82) is 0 Å². The highest BCUT2D eigenvalue weighted by atomic mass is 32.2. The first-order valence-electron chi connectivity index (χ1n) is 7.49. The molecule has 20 heavy (non-hydrogen) atoms. The van der Waals surface area contributed by atoms with E-state index in [0.717, 1.165) is 55.4 Å². The molecule has 4 heteroatoms. The molecule has 0 unspecified atom stereocenters. The van der Waals surface area contributed by atoms with E-state index in [2.05, 4.69) is 24.8 Å². The summed E-state index contributed by atoms with van der Waals surface area (Å²) in [6, 6.07) is 8.01. The Morgan fingerprint density at radius 2 is 1.85 bits per heavy atom. The third-order valence-electron chi connectivity index (χ3n) is 3.69. The van der Waals surface area contributed by atoms with Crippen LogP contribution in [-0.4, -0.2) is 54.2 Å². The lowest BCUT2D eigenvalue weighted by molar-refractivity contribution is 0.0640. The van der Waals surface area contributed by atoms with Crippen LogP contribution >= 0.6 is 11.8 Å². The Kier molecular flexibility index (Phi) is 5.92. The van der Waals surface area contributed by atoms with E-state index in [1.54, 1.807) is 11.8 Å². The van der Waals surface area contributed by atoms with E-state index in [1.165, 1.54) is 0 Å². The summed E-state index contributed by atoms with van der Waals surface area (Å²) >= 11 is 1.79. The molecule has 0 aliphatic carbocycles. The normalized spacial score (nSPS) is 16.4. The summed E-state index contributed by atoms with van der Waals surface area (Å²) in [5, 5.41) is 0. The number of rotatable bonds is 5. The predicted molar refractivity (Wildman–Crippen MR) is 85.5 cm³/mol. The van der Waals surface area contributed by atoms with E-state index < -0.39 is 0 Å². The number of benzene rings is 1. The molecular formula is C16H24N2OS. The molecule has 0 N–H and O–H groups in total. The van der Waals surface area contributed by atoms with Crippen molar-refractivity contribution in [3.05, 3.63) is 29.8 Å². The molecule has 1 aromatic rings. The van der Waals surface area contributed by atoms with Gasteiger partial charge < -0.3 is 9.80 Å². The summed E-state index contributed by atoms with van der Waals surface area (Å²) in [7, 11) is 0. The van der Waals surface area contributed by atoms with Gasteiger partial charge in [-0.3, -0.25) is 4.79 Å². The van der Waals surface area contributed by atoms with E-state index in [4.69, 9.17) is 0 Å². The van der Waals surface area contributed by atoms with E-state index in [9.17, 15) is 4.79 Å². The molecule has 1 fully saturated rings. The maximum absolute atomic E-state index is 12.7. The van der Waals surface area contributed by atoms with Crippen molar-refractivity contribution in [3.63, 3.8) is 0 Å². The molecule has 0 saturated carbocycles. The van der Waals surface area contributed by atoms with Crippen LogP contribution < -0.4 is 0 Å². The van der Waals surface area contributed by atoms with Crippen molar-refractivity contribution in [2.75, 3.05) is 38.5 Å². The SMILES string of the molecule is CCCSc1ccccc1C(=O)N1CCN(CC)CC1. The highest BCUT2D eigenvalue weighted by Crippen LogP contribution is 2.24. The van der Waals surface area contributed by atoms with Gasteiger partial charge in [-0.2, -0.15) is 0 Å². The molecule has 0 atom stereocenters. The van der Waals surface area contributed by atoms with Crippen LogP contribution in [0.2, 0.25) is 0 Å². The maximum atomic E-state index is 12.7. The Bertz CT molecular complexity index is 442. The fraction of sp³-hybridized carbons (Fsp3) is 0.562. The van der Waals surface area contributed by atoms with Crippen LogP contribution in [0.25, 0.3) is 0 Å². The van der Waals surface area contributed by atoms with Crippen LogP contribution in [0, 0.1) is 0 Å². The van der Waals surface area contributed by atoms with Gasteiger partial charge in [0.05, 0.1) is 5.56 Å². The Balaban J connectivity index is 2.05. The third kappa shape index (κ3) is 3.76. The number of hydrogen-bond donors (Lipinski definition) is 0. The number of hydrogen-bond acceptors (Lipinski definition) is 3. The number of piperazine rings is 1. The van der Waals surface area contributed by atoms with Crippen LogP contribution in [0.5, 0.6) is 0 Å². The summed E-state index contributed by atoms with van der Waals surface area (Å²) in [6.45, 7) is 9.10. The minimum atomic E-state index is 0.194. The van der Waals surface area contributed by atoms with Gasteiger partial charge >= 0.3 is 0 Å². The second kappa shape index (κ2) is 7.70. The second-order valence-corrected chi connectivity index (χ2v) is 6.21. The summed E-state index contributed by atoms with van der Waals surface area (Å²) < 4.78 is 0. The first kappa shape index (κ1) is 15.4. The molecule has 0 spiro atoms. The van der Waals surface area contributed by atoms with Crippen LogP contribution in [0.1, 0.15) is 30.6 Å². The molecule has 1 aliphatic heterocycles. The zero-order valence-electron chi connectivity index (χ0n) is 12.5. The molecule has 1 saturated heterocycles. The van der Waals surface area contributed by atoms with Crippen LogP contribution in [0.15, 0.2) is 29.2 Å². The van der Waals surface area contributed by atoms with Crippen LogP contribution in [0.3, 0.4) is 0 Å². The third-order valence-corrected chi connectivity index (χ3v) is 4.97. The van der Waals surface area contributed by atoms with Crippen molar-refractivity contribution in [2.45, 2.75) is 25.2 Å². The van der Waals surface area contributed by atoms with Gasteiger partial charge in [-0.25, -0.2) is 0 Å². The van der Waals surface area contributed by atoms with Crippen molar-refractivity contribution in [3.8, 4) is 0 Å². The van der Waals surface area contributed by atoms with Crippen LogP contribution in [0.4, 0.5) is 0 Å². The Labute approximate surface area is 126 Å². The Morgan fingerprint density at radius 1 is 1.15 bits per heavy atom.